The van der Waals surface area contributed by atoms with Crippen LogP contribution in [0.15, 0.2) is 24.3 Å². The molecule has 0 aliphatic heterocycles. The van der Waals surface area contributed by atoms with Gasteiger partial charge in [0.2, 0.25) is 0 Å². The average Bonchev–Trinajstić information content (AvgIpc) is 2.49. The summed E-state index contributed by atoms with van der Waals surface area (Å²) in [5.41, 5.74) is -0.350. The Morgan fingerprint density at radius 2 is 1.68 bits per heavy atom. The molecule has 0 atom stereocenters. The first-order valence-corrected chi connectivity index (χ1v) is 7.38. The van der Waals surface area contributed by atoms with Crippen LogP contribution in [0.4, 0.5) is 9.18 Å². The highest BCUT2D eigenvalue weighted by Gasteiger charge is 2.16. The number of amides is 4. The Kier molecular flexibility index (Phi) is 7.04. The van der Waals surface area contributed by atoms with Crippen LogP contribution in [0.25, 0.3) is 0 Å². The summed E-state index contributed by atoms with van der Waals surface area (Å²) in [7, 11) is 0. The molecule has 4 amide bonds. The summed E-state index contributed by atoms with van der Waals surface area (Å²) in [6.45, 7) is 4.07. The maximum Gasteiger partial charge on any atom is 0.325 e. The Hall–Kier alpha value is -2.97. The number of hydrogen-bond donors (Lipinski definition) is 3. The number of rotatable bonds is 5. The number of carbonyl (C=O) groups is 4. The Labute approximate surface area is 144 Å². The van der Waals surface area contributed by atoms with E-state index in [1.54, 1.807) is 20.8 Å². The third-order valence-corrected chi connectivity index (χ3v) is 2.61. The van der Waals surface area contributed by atoms with Gasteiger partial charge in [-0.25, -0.2) is 9.18 Å². The molecule has 8 nitrogen and oxygen atoms in total. The van der Waals surface area contributed by atoms with E-state index in [0.717, 1.165) is 12.1 Å². The lowest BCUT2D eigenvalue weighted by Crippen LogP contribution is -2.49. The second kappa shape index (κ2) is 8.76. The summed E-state index contributed by atoms with van der Waals surface area (Å²) < 4.78 is 17.4. The standard InChI is InChI=1S/C16H20FN3O5/c1-16(2,3)20-15(24)19-12(21)9-25-13(22)8-18-14(23)10-4-6-11(17)7-5-10/h4-7H,8-9H2,1-3H3,(H,18,23)(H2,19,20,21,24). The topological polar surface area (TPSA) is 114 Å². The minimum absolute atomic E-state index is 0.172. The molecular weight excluding hydrogens is 333 g/mol. The number of carbonyl (C=O) groups excluding carboxylic acids is 4. The maximum atomic E-state index is 12.7. The molecule has 0 bridgehead atoms. The molecular formula is C16H20FN3O5. The lowest BCUT2D eigenvalue weighted by molar-refractivity contribution is -0.147. The fourth-order valence-corrected chi connectivity index (χ4v) is 1.59. The van der Waals surface area contributed by atoms with Gasteiger partial charge in [-0.15, -0.1) is 0 Å². The van der Waals surface area contributed by atoms with Gasteiger partial charge in [0.05, 0.1) is 0 Å². The zero-order chi connectivity index (χ0) is 19.0. The van der Waals surface area contributed by atoms with Gasteiger partial charge in [-0.05, 0) is 45.0 Å². The van der Waals surface area contributed by atoms with Gasteiger partial charge in [-0.2, -0.15) is 0 Å². The molecule has 0 spiro atoms. The van der Waals surface area contributed by atoms with Crippen molar-refractivity contribution in [3.8, 4) is 0 Å². The summed E-state index contributed by atoms with van der Waals surface area (Å²) in [6.07, 6.45) is 0. The molecule has 1 rings (SSSR count). The first-order chi connectivity index (χ1) is 11.6. The lowest BCUT2D eigenvalue weighted by Gasteiger charge is -2.20. The molecule has 0 aliphatic carbocycles. The van der Waals surface area contributed by atoms with E-state index >= 15 is 0 Å². The van der Waals surface area contributed by atoms with Crippen molar-refractivity contribution >= 4 is 23.8 Å². The summed E-state index contributed by atoms with van der Waals surface area (Å²) >= 11 is 0. The molecule has 0 aromatic heterocycles. The minimum Gasteiger partial charge on any atom is -0.454 e. The van der Waals surface area contributed by atoms with Gasteiger partial charge in [-0.3, -0.25) is 19.7 Å². The van der Waals surface area contributed by atoms with Crippen molar-refractivity contribution in [3.05, 3.63) is 35.6 Å². The first-order valence-electron chi connectivity index (χ1n) is 7.38. The fourth-order valence-electron chi connectivity index (χ4n) is 1.59. The van der Waals surface area contributed by atoms with Crippen molar-refractivity contribution in [1.29, 1.82) is 0 Å². The molecule has 0 radical (unpaired) electrons. The van der Waals surface area contributed by atoms with Crippen molar-refractivity contribution in [2.24, 2.45) is 0 Å². The predicted octanol–water partition coefficient (Wildman–Crippen LogP) is 0.723. The van der Waals surface area contributed by atoms with Crippen LogP contribution in [0.1, 0.15) is 31.1 Å². The van der Waals surface area contributed by atoms with Crippen LogP contribution in [0.5, 0.6) is 0 Å². The molecule has 1 aromatic carbocycles. The van der Waals surface area contributed by atoms with Gasteiger partial charge in [0.15, 0.2) is 6.61 Å². The van der Waals surface area contributed by atoms with E-state index < -0.39 is 48.3 Å². The Balaban J connectivity index is 2.30. The summed E-state index contributed by atoms with van der Waals surface area (Å²) in [6, 6.07) is 4.03. The van der Waals surface area contributed by atoms with E-state index in [2.05, 4.69) is 15.4 Å². The van der Waals surface area contributed by atoms with E-state index in [-0.39, 0.29) is 5.56 Å². The van der Waals surface area contributed by atoms with Gasteiger partial charge in [0, 0.05) is 11.1 Å². The summed E-state index contributed by atoms with van der Waals surface area (Å²) in [5, 5.41) is 6.77. The van der Waals surface area contributed by atoms with Crippen molar-refractivity contribution in [2.45, 2.75) is 26.3 Å². The van der Waals surface area contributed by atoms with E-state index in [1.165, 1.54) is 12.1 Å². The van der Waals surface area contributed by atoms with Gasteiger partial charge in [-0.1, -0.05) is 0 Å². The van der Waals surface area contributed by atoms with E-state index in [0.29, 0.717) is 0 Å². The molecule has 25 heavy (non-hydrogen) atoms. The van der Waals surface area contributed by atoms with Gasteiger partial charge < -0.3 is 15.4 Å². The van der Waals surface area contributed by atoms with Crippen LogP contribution in [-0.4, -0.2) is 42.5 Å². The molecule has 0 aliphatic rings. The van der Waals surface area contributed by atoms with E-state index in [4.69, 9.17) is 0 Å². The second-order valence-electron chi connectivity index (χ2n) is 6.10. The van der Waals surface area contributed by atoms with Gasteiger partial charge in [0.1, 0.15) is 12.4 Å². The number of esters is 1. The molecule has 1 aromatic rings. The first kappa shape index (κ1) is 20.1. The zero-order valence-electron chi connectivity index (χ0n) is 14.1. The van der Waals surface area contributed by atoms with Crippen LogP contribution in [0, 0.1) is 5.82 Å². The third kappa shape index (κ3) is 8.45. The number of urea groups is 1. The normalized spacial score (nSPS) is 10.6. The number of imide groups is 1. The van der Waals surface area contributed by atoms with E-state index in [9.17, 15) is 23.6 Å². The highest BCUT2D eigenvalue weighted by molar-refractivity contribution is 5.97. The highest BCUT2D eigenvalue weighted by atomic mass is 19.1. The highest BCUT2D eigenvalue weighted by Crippen LogP contribution is 2.02. The molecule has 0 heterocycles. The number of benzene rings is 1. The second-order valence-corrected chi connectivity index (χ2v) is 6.10. The third-order valence-electron chi connectivity index (χ3n) is 2.61. The maximum absolute atomic E-state index is 12.7. The van der Waals surface area contributed by atoms with Crippen LogP contribution in [-0.2, 0) is 14.3 Å². The van der Waals surface area contributed by atoms with Crippen molar-refractivity contribution in [1.82, 2.24) is 16.0 Å². The van der Waals surface area contributed by atoms with Crippen LogP contribution >= 0.6 is 0 Å². The summed E-state index contributed by atoms with van der Waals surface area (Å²) in [5.74, 6) is -2.75. The van der Waals surface area contributed by atoms with Gasteiger partial charge in [0.25, 0.3) is 11.8 Å². The Morgan fingerprint density at radius 1 is 1.08 bits per heavy atom. The number of nitrogens with one attached hydrogen (secondary N) is 3. The molecule has 0 unspecified atom stereocenters. The SMILES string of the molecule is CC(C)(C)NC(=O)NC(=O)COC(=O)CNC(=O)c1ccc(F)cc1. The predicted molar refractivity (Wildman–Crippen MR) is 86.1 cm³/mol. The zero-order valence-corrected chi connectivity index (χ0v) is 14.1. The molecule has 136 valence electrons. The van der Waals surface area contributed by atoms with Crippen LogP contribution in [0.2, 0.25) is 0 Å². The monoisotopic (exact) mass is 353 g/mol. The quantitative estimate of drug-likeness (QED) is 0.675. The largest absolute Gasteiger partial charge is 0.454 e. The average molecular weight is 353 g/mol. The molecule has 9 heteroatoms. The molecule has 0 saturated carbocycles. The molecule has 0 fully saturated rings. The number of ether oxygens (including phenoxy) is 1. The number of hydrogen-bond acceptors (Lipinski definition) is 5. The van der Waals surface area contributed by atoms with Crippen molar-refractivity contribution in [2.75, 3.05) is 13.2 Å². The van der Waals surface area contributed by atoms with E-state index in [1.807, 2.05) is 5.32 Å². The molecule has 3 N–H and O–H groups in total. The number of halogens is 1. The van der Waals surface area contributed by atoms with Crippen molar-refractivity contribution in [3.63, 3.8) is 0 Å². The van der Waals surface area contributed by atoms with Crippen LogP contribution in [0.3, 0.4) is 0 Å². The minimum atomic E-state index is -0.859. The van der Waals surface area contributed by atoms with Gasteiger partial charge >= 0.3 is 12.0 Å². The smallest absolute Gasteiger partial charge is 0.325 e. The van der Waals surface area contributed by atoms with Crippen molar-refractivity contribution < 1.29 is 28.3 Å². The van der Waals surface area contributed by atoms with Crippen LogP contribution < -0.4 is 16.0 Å². The Morgan fingerprint density at radius 3 is 2.24 bits per heavy atom. The Bertz CT molecular complexity index is 653. The lowest BCUT2D eigenvalue weighted by atomic mass is 10.1. The molecule has 0 saturated heterocycles. The summed E-state index contributed by atoms with van der Waals surface area (Å²) in [4.78, 5) is 46.1. The fraction of sp³-hybridized carbons (Fsp3) is 0.375.